The molecule has 0 aliphatic rings. The van der Waals surface area contributed by atoms with Gasteiger partial charge < -0.3 is 5.32 Å². The quantitative estimate of drug-likeness (QED) is 0.507. The Balaban J connectivity index is 1.91. The van der Waals surface area contributed by atoms with Crippen LogP contribution in [0.2, 0.25) is 0 Å². The van der Waals surface area contributed by atoms with E-state index < -0.39 is 24.2 Å². The number of nitrogens with zero attached hydrogens (tertiary/aromatic N) is 4. The zero-order valence-corrected chi connectivity index (χ0v) is 13.8. The number of para-hydroxylation sites is 1. The molecule has 8 nitrogen and oxygen atoms in total. The highest BCUT2D eigenvalue weighted by Gasteiger charge is 2.27. The number of hydrogen-bond acceptors (Lipinski definition) is 6. The number of halogens is 3. The van der Waals surface area contributed by atoms with Gasteiger partial charge in [0.1, 0.15) is 12.9 Å². The Kier molecular flexibility index (Phi) is 4.93. The van der Waals surface area contributed by atoms with E-state index in [1.807, 2.05) is 0 Å². The minimum Gasteiger partial charge on any atom is -0.346 e. The summed E-state index contributed by atoms with van der Waals surface area (Å²) in [6, 6.07) is 6.57. The van der Waals surface area contributed by atoms with Crippen LogP contribution in [-0.2, 0) is 4.79 Å². The minimum absolute atomic E-state index is 0.0893. The topological polar surface area (TPSA) is 106 Å². The van der Waals surface area contributed by atoms with Gasteiger partial charge in [0.25, 0.3) is 5.56 Å². The number of carbonyl (C=O) groups excluding carboxylic acids is 1. The lowest BCUT2D eigenvalue weighted by Gasteiger charge is -2.11. The summed E-state index contributed by atoms with van der Waals surface area (Å²) in [5.74, 6) is -1.10. The third-order valence-electron chi connectivity index (χ3n) is 3.18. The van der Waals surface area contributed by atoms with Crippen molar-refractivity contribution in [3.8, 4) is 5.95 Å². The van der Waals surface area contributed by atoms with Gasteiger partial charge in [-0.15, -0.1) is 0 Å². The second-order valence-electron chi connectivity index (χ2n) is 5.04. The molecule has 0 atom stereocenters. The lowest BCUT2D eigenvalue weighted by atomic mass is 10.2. The van der Waals surface area contributed by atoms with Gasteiger partial charge in [0.05, 0.1) is 16.7 Å². The van der Waals surface area contributed by atoms with Crippen molar-refractivity contribution in [2.24, 2.45) is 0 Å². The molecule has 0 unspecified atom stereocenters. The number of fused-ring (bicyclic) bond motifs is 1. The molecular formula is C14H11F3N6O2S. The number of H-pyrrole nitrogens is 1. The van der Waals surface area contributed by atoms with Gasteiger partial charge in [0.2, 0.25) is 11.9 Å². The molecule has 0 spiro atoms. The molecule has 26 heavy (non-hydrogen) atoms. The fourth-order valence-electron chi connectivity index (χ4n) is 2.08. The Morgan fingerprint density at radius 3 is 2.77 bits per heavy atom. The smallest absolute Gasteiger partial charge is 0.346 e. The minimum atomic E-state index is -4.50. The van der Waals surface area contributed by atoms with Crippen molar-refractivity contribution in [2.45, 2.75) is 11.3 Å². The van der Waals surface area contributed by atoms with Crippen LogP contribution in [0.25, 0.3) is 16.9 Å². The highest BCUT2D eigenvalue weighted by atomic mass is 32.2. The van der Waals surface area contributed by atoms with E-state index in [2.05, 4.69) is 20.2 Å². The molecule has 1 amide bonds. The van der Waals surface area contributed by atoms with E-state index in [1.54, 1.807) is 29.6 Å². The summed E-state index contributed by atoms with van der Waals surface area (Å²) in [5, 5.41) is 8.40. The lowest BCUT2D eigenvalue weighted by Crippen LogP contribution is -2.35. The van der Waals surface area contributed by atoms with Gasteiger partial charge in [-0.05, 0) is 12.1 Å². The van der Waals surface area contributed by atoms with Crippen molar-refractivity contribution in [1.82, 2.24) is 30.0 Å². The first-order chi connectivity index (χ1) is 12.3. The molecule has 2 heterocycles. The van der Waals surface area contributed by atoms with Crippen LogP contribution >= 0.6 is 11.8 Å². The first kappa shape index (κ1) is 17.9. The van der Waals surface area contributed by atoms with Gasteiger partial charge >= 0.3 is 6.18 Å². The standard InChI is InChI=1S/C14H11F3N6O2S/c15-14(16,17)6-18-10(24)5-26-13-21-9-4-2-1-3-8(9)11(25)23(13)12-19-7-20-22-12/h1-4,7H,5-6H2,(H,18,24)(H,19,20,22). The maximum Gasteiger partial charge on any atom is 0.405 e. The number of aromatic nitrogens is 5. The molecule has 136 valence electrons. The molecule has 3 aromatic rings. The van der Waals surface area contributed by atoms with Crippen molar-refractivity contribution in [1.29, 1.82) is 0 Å². The highest BCUT2D eigenvalue weighted by Crippen LogP contribution is 2.19. The van der Waals surface area contributed by atoms with Crippen molar-refractivity contribution in [3.05, 3.63) is 40.9 Å². The number of alkyl halides is 3. The van der Waals surface area contributed by atoms with Crippen molar-refractivity contribution < 1.29 is 18.0 Å². The van der Waals surface area contributed by atoms with Gasteiger partial charge in [-0.1, -0.05) is 23.9 Å². The monoisotopic (exact) mass is 384 g/mol. The van der Waals surface area contributed by atoms with Crippen LogP contribution in [0, 0.1) is 0 Å². The van der Waals surface area contributed by atoms with Crippen LogP contribution in [0.4, 0.5) is 13.2 Å². The number of rotatable bonds is 5. The van der Waals surface area contributed by atoms with Crippen molar-refractivity contribution in [2.75, 3.05) is 12.3 Å². The Labute approximate surface area is 147 Å². The van der Waals surface area contributed by atoms with E-state index in [0.29, 0.717) is 10.9 Å². The summed E-state index contributed by atoms with van der Waals surface area (Å²) in [6.07, 6.45) is -3.30. The van der Waals surface area contributed by atoms with Gasteiger partial charge in [-0.25, -0.2) is 14.6 Å². The highest BCUT2D eigenvalue weighted by molar-refractivity contribution is 7.99. The van der Waals surface area contributed by atoms with Crippen LogP contribution in [0.3, 0.4) is 0 Å². The molecule has 0 radical (unpaired) electrons. The molecule has 0 bridgehead atoms. The normalized spacial score (nSPS) is 11.7. The van der Waals surface area contributed by atoms with Crippen molar-refractivity contribution >= 4 is 28.6 Å². The van der Waals surface area contributed by atoms with E-state index in [0.717, 1.165) is 16.3 Å². The zero-order chi connectivity index (χ0) is 18.7. The number of hydrogen-bond donors (Lipinski definition) is 2. The molecule has 0 aliphatic carbocycles. The molecule has 1 aromatic carbocycles. The predicted molar refractivity (Wildman–Crippen MR) is 87.1 cm³/mol. The Hall–Kier alpha value is -2.89. The molecule has 12 heteroatoms. The van der Waals surface area contributed by atoms with Crippen LogP contribution in [-0.4, -0.2) is 49.1 Å². The first-order valence-corrected chi connectivity index (χ1v) is 8.17. The summed E-state index contributed by atoms with van der Waals surface area (Å²) in [4.78, 5) is 32.6. The molecule has 0 fully saturated rings. The number of benzene rings is 1. The second-order valence-corrected chi connectivity index (χ2v) is 5.98. The number of carbonyl (C=O) groups is 1. The summed E-state index contributed by atoms with van der Waals surface area (Å²) in [5.41, 5.74) is -0.0444. The van der Waals surface area contributed by atoms with Crippen molar-refractivity contribution in [3.63, 3.8) is 0 Å². The van der Waals surface area contributed by atoms with Crippen LogP contribution in [0.15, 0.2) is 40.5 Å². The SMILES string of the molecule is O=C(CSc1nc2ccccc2c(=O)n1-c1ncn[nH]1)NCC(F)(F)F. The number of amides is 1. The molecule has 2 aromatic heterocycles. The van der Waals surface area contributed by atoms with E-state index in [-0.39, 0.29) is 16.9 Å². The fourth-order valence-corrected chi connectivity index (χ4v) is 2.91. The van der Waals surface area contributed by atoms with E-state index in [9.17, 15) is 22.8 Å². The Morgan fingerprint density at radius 2 is 2.08 bits per heavy atom. The first-order valence-electron chi connectivity index (χ1n) is 7.19. The predicted octanol–water partition coefficient (Wildman–Crippen LogP) is 1.27. The Bertz CT molecular complexity index is 987. The van der Waals surface area contributed by atoms with E-state index in [4.69, 9.17) is 0 Å². The zero-order valence-electron chi connectivity index (χ0n) is 12.9. The second kappa shape index (κ2) is 7.15. The lowest BCUT2D eigenvalue weighted by molar-refractivity contribution is -0.136. The van der Waals surface area contributed by atoms with Gasteiger partial charge in [-0.2, -0.15) is 23.3 Å². The number of thioether (sulfide) groups is 1. The third-order valence-corrected chi connectivity index (χ3v) is 4.12. The molecule has 0 aliphatic heterocycles. The molecule has 0 saturated heterocycles. The maximum absolute atomic E-state index is 12.7. The van der Waals surface area contributed by atoms with Gasteiger partial charge in [0.15, 0.2) is 5.16 Å². The summed E-state index contributed by atoms with van der Waals surface area (Å²) in [6.45, 7) is -1.42. The van der Waals surface area contributed by atoms with Crippen LogP contribution in [0.1, 0.15) is 0 Å². The molecule has 2 N–H and O–H groups in total. The summed E-state index contributed by atoms with van der Waals surface area (Å²) in [7, 11) is 0. The number of nitrogens with one attached hydrogen (secondary N) is 2. The van der Waals surface area contributed by atoms with Crippen LogP contribution in [0.5, 0.6) is 0 Å². The summed E-state index contributed by atoms with van der Waals surface area (Å²) < 4.78 is 37.6. The fraction of sp³-hybridized carbons (Fsp3) is 0.214. The molecule has 3 rings (SSSR count). The van der Waals surface area contributed by atoms with Gasteiger partial charge in [-0.3, -0.25) is 9.59 Å². The Morgan fingerprint density at radius 1 is 1.31 bits per heavy atom. The van der Waals surface area contributed by atoms with E-state index >= 15 is 0 Å². The third kappa shape index (κ3) is 4.02. The molecule has 0 saturated carbocycles. The van der Waals surface area contributed by atoms with E-state index in [1.165, 1.54) is 6.33 Å². The molecular weight excluding hydrogens is 373 g/mol. The maximum atomic E-state index is 12.7. The van der Waals surface area contributed by atoms with Crippen LogP contribution < -0.4 is 10.9 Å². The average molecular weight is 384 g/mol. The average Bonchev–Trinajstić information content (AvgIpc) is 3.11. The largest absolute Gasteiger partial charge is 0.405 e. The number of aromatic amines is 1. The van der Waals surface area contributed by atoms with Gasteiger partial charge in [0, 0.05) is 0 Å². The summed E-state index contributed by atoms with van der Waals surface area (Å²) >= 11 is 0.818.